The number of aromatic hydroxyl groups is 1. The van der Waals surface area contributed by atoms with E-state index in [0.29, 0.717) is 17.7 Å². The Morgan fingerprint density at radius 2 is 1.53 bits per heavy atom. The Morgan fingerprint density at radius 1 is 0.895 bits per heavy atom. The maximum absolute atomic E-state index is 13.3. The normalized spacial score (nSPS) is 10.5. The fraction of sp³-hybridized carbons (Fsp3) is 0.0769. The van der Waals surface area contributed by atoms with Crippen molar-refractivity contribution in [3.8, 4) is 5.75 Å². The van der Waals surface area contributed by atoms with E-state index in [-0.39, 0.29) is 6.54 Å². The standard InChI is InChI=1S/C13H9F4NO/c14-8-4-10(16)13(11(17)5-8)18-6-7-1-2-12(19)9(15)3-7/h1-5,18-19H,6H2. The molecule has 0 aliphatic carbocycles. The number of phenolic OH excluding ortho intramolecular Hbond substituents is 1. The number of hydrogen-bond acceptors (Lipinski definition) is 2. The van der Waals surface area contributed by atoms with Gasteiger partial charge in [-0.2, -0.15) is 0 Å². The molecule has 0 aromatic heterocycles. The summed E-state index contributed by atoms with van der Waals surface area (Å²) in [5.41, 5.74) is -0.117. The van der Waals surface area contributed by atoms with E-state index in [1.807, 2.05) is 0 Å². The van der Waals surface area contributed by atoms with Crippen molar-refractivity contribution < 1.29 is 22.7 Å². The smallest absolute Gasteiger partial charge is 0.165 e. The molecule has 100 valence electrons. The monoisotopic (exact) mass is 271 g/mol. The zero-order chi connectivity index (χ0) is 14.0. The highest BCUT2D eigenvalue weighted by molar-refractivity contribution is 5.47. The van der Waals surface area contributed by atoms with Gasteiger partial charge < -0.3 is 10.4 Å². The van der Waals surface area contributed by atoms with Crippen LogP contribution < -0.4 is 5.32 Å². The van der Waals surface area contributed by atoms with Gasteiger partial charge in [0, 0.05) is 18.7 Å². The highest BCUT2D eigenvalue weighted by Crippen LogP contribution is 2.22. The molecule has 2 N–H and O–H groups in total. The van der Waals surface area contributed by atoms with Crippen LogP contribution >= 0.6 is 0 Å². The van der Waals surface area contributed by atoms with E-state index >= 15 is 0 Å². The van der Waals surface area contributed by atoms with Gasteiger partial charge in [0.1, 0.15) is 11.5 Å². The molecule has 0 heterocycles. The summed E-state index contributed by atoms with van der Waals surface area (Å²) in [5, 5.41) is 11.4. The van der Waals surface area contributed by atoms with Crippen LogP contribution in [-0.2, 0) is 6.54 Å². The Hall–Kier alpha value is -2.24. The molecule has 6 heteroatoms. The van der Waals surface area contributed by atoms with Crippen LogP contribution in [0.3, 0.4) is 0 Å². The van der Waals surface area contributed by atoms with E-state index in [1.54, 1.807) is 0 Å². The third-order valence-electron chi connectivity index (χ3n) is 2.49. The molecule has 2 aromatic carbocycles. The van der Waals surface area contributed by atoms with Crippen LogP contribution in [0.5, 0.6) is 5.75 Å². The maximum atomic E-state index is 13.3. The molecule has 0 radical (unpaired) electrons. The molecule has 0 fully saturated rings. The first-order chi connectivity index (χ1) is 8.97. The van der Waals surface area contributed by atoms with Crippen LogP contribution in [0.15, 0.2) is 30.3 Å². The molecule has 0 aliphatic rings. The minimum atomic E-state index is -1.07. The topological polar surface area (TPSA) is 32.3 Å². The molecular formula is C13H9F4NO. The summed E-state index contributed by atoms with van der Waals surface area (Å²) in [5.74, 6) is -4.51. The number of phenols is 1. The number of anilines is 1. The van der Waals surface area contributed by atoms with Crippen molar-refractivity contribution in [3.63, 3.8) is 0 Å². The maximum Gasteiger partial charge on any atom is 0.165 e. The molecule has 19 heavy (non-hydrogen) atoms. The molecule has 0 bridgehead atoms. The summed E-state index contributed by atoms with van der Waals surface area (Å²) in [6.07, 6.45) is 0. The van der Waals surface area contributed by atoms with E-state index in [2.05, 4.69) is 5.32 Å². The molecule has 0 aliphatic heterocycles. The number of benzene rings is 2. The van der Waals surface area contributed by atoms with Crippen LogP contribution in [0.2, 0.25) is 0 Å². The van der Waals surface area contributed by atoms with Crippen LogP contribution in [0, 0.1) is 23.3 Å². The first-order valence-electron chi connectivity index (χ1n) is 5.33. The second-order valence-electron chi connectivity index (χ2n) is 3.88. The minimum Gasteiger partial charge on any atom is -0.505 e. The molecule has 0 saturated heterocycles. The van der Waals surface area contributed by atoms with Crippen LogP contribution in [0.4, 0.5) is 23.2 Å². The van der Waals surface area contributed by atoms with E-state index in [4.69, 9.17) is 5.11 Å². The van der Waals surface area contributed by atoms with Gasteiger partial charge in [-0.25, -0.2) is 17.6 Å². The summed E-state index contributed by atoms with van der Waals surface area (Å²) < 4.78 is 52.3. The second kappa shape index (κ2) is 5.17. The lowest BCUT2D eigenvalue weighted by Gasteiger charge is -2.09. The van der Waals surface area contributed by atoms with Crippen LogP contribution in [-0.4, -0.2) is 5.11 Å². The number of hydrogen-bond donors (Lipinski definition) is 2. The number of nitrogens with one attached hydrogen (secondary N) is 1. The van der Waals surface area contributed by atoms with E-state index in [1.165, 1.54) is 6.07 Å². The van der Waals surface area contributed by atoms with Gasteiger partial charge in [-0.1, -0.05) is 6.07 Å². The first kappa shape index (κ1) is 13.2. The third kappa shape index (κ3) is 2.96. The molecule has 2 aromatic rings. The van der Waals surface area contributed by atoms with Gasteiger partial charge in [0.2, 0.25) is 0 Å². The van der Waals surface area contributed by atoms with E-state index < -0.39 is 34.7 Å². The lowest BCUT2D eigenvalue weighted by Crippen LogP contribution is -2.04. The lowest BCUT2D eigenvalue weighted by molar-refractivity contribution is 0.432. The summed E-state index contributed by atoms with van der Waals surface area (Å²) in [4.78, 5) is 0. The Labute approximate surface area is 106 Å². The largest absolute Gasteiger partial charge is 0.505 e. The Bertz CT molecular complexity index is 593. The van der Waals surface area contributed by atoms with E-state index in [9.17, 15) is 17.6 Å². The molecule has 0 atom stereocenters. The molecule has 0 saturated carbocycles. The summed E-state index contributed by atoms with van der Waals surface area (Å²) in [6.45, 7) is -0.0727. The van der Waals surface area contributed by atoms with Crippen molar-refractivity contribution in [3.05, 3.63) is 59.2 Å². The average Bonchev–Trinajstić information content (AvgIpc) is 2.32. The van der Waals surface area contributed by atoms with Crippen molar-refractivity contribution in [1.82, 2.24) is 0 Å². The molecule has 2 nitrogen and oxygen atoms in total. The predicted octanol–water partition coefficient (Wildman–Crippen LogP) is 3.56. The van der Waals surface area contributed by atoms with Crippen molar-refractivity contribution in [2.24, 2.45) is 0 Å². The molecule has 2 rings (SSSR count). The predicted molar refractivity (Wildman–Crippen MR) is 61.7 cm³/mol. The zero-order valence-corrected chi connectivity index (χ0v) is 9.55. The molecule has 0 amide bonds. The molecular weight excluding hydrogens is 262 g/mol. The second-order valence-corrected chi connectivity index (χ2v) is 3.88. The van der Waals surface area contributed by atoms with Crippen LogP contribution in [0.1, 0.15) is 5.56 Å². The van der Waals surface area contributed by atoms with Crippen molar-refractivity contribution in [2.75, 3.05) is 5.32 Å². The van der Waals surface area contributed by atoms with Gasteiger partial charge in [0.05, 0.1) is 0 Å². The SMILES string of the molecule is Oc1ccc(CNc2c(F)cc(F)cc2F)cc1F. The highest BCUT2D eigenvalue weighted by Gasteiger charge is 2.11. The van der Waals surface area contributed by atoms with Gasteiger partial charge in [-0.3, -0.25) is 0 Å². The zero-order valence-electron chi connectivity index (χ0n) is 9.55. The van der Waals surface area contributed by atoms with Crippen LogP contribution in [0.25, 0.3) is 0 Å². The van der Waals surface area contributed by atoms with Crippen molar-refractivity contribution in [2.45, 2.75) is 6.54 Å². The minimum absolute atomic E-state index is 0.0727. The average molecular weight is 271 g/mol. The Kier molecular flexibility index (Phi) is 3.59. The summed E-state index contributed by atoms with van der Waals surface area (Å²) in [6, 6.07) is 4.64. The quantitative estimate of drug-likeness (QED) is 0.836. The van der Waals surface area contributed by atoms with Gasteiger partial charge in [0.25, 0.3) is 0 Å². The van der Waals surface area contributed by atoms with Gasteiger partial charge in [-0.05, 0) is 17.7 Å². The van der Waals surface area contributed by atoms with Gasteiger partial charge >= 0.3 is 0 Å². The van der Waals surface area contributed by atoms with Gasteiger partial charge in [-0.15, -0.1) is 0 Å². The number of rotatable bonds is 3. The van der Waals surface area contributed by atoms with Gasteiger partial charge in [0.15, 0.2) is 23.2 Å². The fourth-order valence-corrected chi connectivity index (χ4v) is 1.56. The Balaban J connectivity index is 2.16. The summed E-state index contributed by atoms with van der Waals surface area (Å²) >= 11 is 0. The van der Waals surface area contributed by atoms with Crippen molar-refractivity contribution in [1.29, 1.82) is 0 Å². The highest BCUT2D eigenvalue weighted by atomic mass is 19.1. The third-order valence-corrected chi connectivity index (χ3v) is 2.49. The lowest BCUT2D eigenvalue weighted by atomic mass is 10.2. The van der Waals surface area contributed by atoms with E-state index in [0.717, 1.165) is 12.1 Å². The fourth-order valence-electron chi connectivity index (χ4n) is 1.56. The molecule has 0 unspecified atom stereocenters. The summed E-state index contributed by atoms with van der Waals surface area (Å²) in [7, 11) is 0. The first-order valence-corrected chi connectivity index (χ1v) is 5.33. The Morgan fingerprint density at radius 3 is 2.11 bits per heavy atom. The van der Waals surface area contributed by atoms with Crippen molar-refractivity contribution >= 4 is 5.69 Å². The number of halogens is 4. The molecule has 0 spiro atoms.